The van der Waals surface area contributed by atoms with Gasteiger partial charge in [0.1, 0.15) is 5.82 Å². The molecule has 0 N–H and O–H groups in total. The second-order valence-corrected chi connectivity index (χ2v) is 6.24. The van der Waals surface area contributed by atoms with Gasteiger partial charge in [0.15, 0.2) is 0 Å². The van der Waals surface area contributed by atoms with E-state index in [2.05, 4.69) is 28.9 Å². The lowest BCUT2D eigenvalue weighted by Gasteiger charge is -2.21. The van der Waals surface area contributed by atoms with E-state index in [0.717, 1.165) is 30.2 Å². The van der Waals surface area contributed by atoms with Crippen LogP contribution in [0.25, 0.3) is 0 Å². The SMILES string of the molecule is CCC1CCC(C#N)(Cc2ccc(Br)cc2F)C1. The summed E-state index contributed by atoms with van der Waals surface area (Å²) in [5, 5.41) is 9.45. The van der Waals surface area contributed by atoms with Crippen molar-refractivity contribution in [1.82, 2.24) is 0 Å². The molecule has 1 aliphatic rings. The van der Waals surface area contributed by atoms with Crippen molar-refractivity contribution >= 4 is 15.9 Å². The van der Waals surface area contributed by atoms with Crippen molar-refractivity contribution < 1.29 is 4.39 Å². The van der Waals surface area contributed by atoms with E-state index in [-0.39, 0.29) is 11.2 Å². The number of benzene rings is 1. The van der Waals surface area contributed by atoms with Gasteiger partial charge in [0, 0.05) is 4.47 Å². The van der Waals surface area contributed by atoms with Gasteiger partial charge >= 0.3 is 0 Å². The summed E-state index contributed by atoms with van der Waals surface area (Å²) in [7, 11) is 0. The van der Waals surface area contributed by atoms with Gasteiger partial charge in [0.25, 0.3) is 0 Å². The first-order valence-corrected chi connectivity index (χ1v) is 7.23. The highest BCUT2D eigenvalue weighted by molar-refractivity contribution is 9.10. The molecule has 0 radical (unpaired) electrons. The minimum atomic E-state index is -0.352. The molecule has 2 unspecified atom stereocenters. The van der Waals surface area contributed by atoms with Gasteiger partial charge in [-0.2, -0.15) is 5.26 Å². The van der Waals surface area contributed by atoms with Crippen LogP contribution < -0.4 is 0 Å². The van der Waals surface area contributed by atoms with Crippen LogP contribution in [0.2, 0.25) is 0 Å². The number of nitrogens with zero attached hydrogens (tertiary/aromatic N) is 1. The van der Waals surface area contributed by atoms with Gasteiger partial charge in [-0.3, -0.25) is 0 Å². The average Bonchev–Trinajstić information content (AvgIpc) is 2.77. The van der Waals surface area contributed by atoms with Crippen molar-refractivity contribution in [2.24, 2.45) is 11.3 Å². The van der Waals surface area contributed by atoms with Crippen LogP contribution in [0.3, 0.4) is 0 Å². The number of hydrogen-bond acceptors (Lipinski definition) is 1. The number of halogens is 2. The summed E-state index contributed by atoms with van der Waals surface area (Å²) >= 11 is 3.26. The van der Waals surface area contributed by atoms with E-state index >= 15 is 0 Å². The molecule has 0 saturated heterocycles. The van der Waals surface area contributed by atoms with Crippen molar-refractivity contribution in [2.75, 3.05) is 0 Å². The quantitative estimate of drug-likeness (QED) is 0.783. The summed E-state index contributed by atoms with van der Waals surface area (Å²) in [6, 6.07) is 7.56. The first-order valence-electron chi connectivity index (χ1n) is 6.44. The number of hydrogen-bond donors (Lipinski definition) is 0. The molecule has 3 heteroatoms. The first kappa shape index (κ1) is 13.5. The lowest BCUT2D eigenvalue weighted by molar-refractivity contribution is 0.375. The Balaban J connectivity index is 2.19. The van der Waals surface area contributed by atoms with Crippen LogP contribution in [0.5, 0.6) is 0 Å². The Morgan fingerprint density at radius 3 is 2.89 bits per heavy atom. The third-order valence-corrected chi connectivity index (χ3v) is 4.56. The van der Waals surface area contributed by atoms with Crippen LogP contribution >= 0.6 is 15.9 Å². The normalized spacial score (nSPS) is 27.1. The molecule has 0 spiro atoms. The van der Waals surface area contributed by atoms with Gasteiger partial charge in [0.2, 0.25) is 0 Å². The van der Waals surface area contributed by atoms with Crippen LogP contribution in [0.4, 0.5) is 4.39 Å². The summed E-state index contributed by atoms with van der Waals surface area (Å²) in [6.07, 6.45) is 4.57. The fraction of sp³-hybridized carbons (Fsp3) is 0.533. The minimum absolute atomic E-state index is 0.209. The van der Waals surface area contributed by atoms with E-state index in [4.69, 9.17) is 0 Å². The van der Waals surface area contributed by atoms with Crippen molar-refractivity contribution in [3.05, 3.63) is 34.1 Å². The molecule has 1 nitrogen and oxygen atoms in total. The third-order valence-electron chi connectivity index (χ3n) is 4.07. The predicted octanol–water partition coefficient (Wildman–Crippen LogP) is 4.85. The summed E-state index contributed by atoms with van der Waals surface area (Å²) in [5.74, 6) is 0.419. The molecule has 0 heterocycles. The van der Waals surface area contributed by atoms with Crippen LogP contribution in [-0.2, 0) is 6.42 Å². The fourth-order valence-corrected chi connectivity index (χ4v) is 3.25. The lowest BCUT2D eigenvalue weighted by atomic mass is 9.80. The molecule has 1 fully saturated rings. The van der Waals surface area contributed by atoms with E-state index in [1.807, 2.05) is 6.07 Å². The smallest absolute Gasteiger partial charge is 0.127 e. The van der Waals surface area contributed by atoms with Crippen molar-refractivity contribution in [2.45, 2.75) is 39.0 Å². The zero-order valence-corrected chi connectivity index (χ0v) is 12.1. The topological polar surface area (TPSA) is 23.8 Å². The first-order chi connectivity index (χ1) is 8.58. The molecule has 1 aromatic rings. The average molecular weight is 310 g/mol. The van der Waals surface area contributed by atoms with Crippen molar-refractivity contribution in [1.29, 1.82) is 5.26 Å². The minimum Gasteiger partial charge on any atom is -0.207 e. The molecule has 2 atom stereocenters. The molecule has 1 aliphatic carbocycles. The second-order valence-electron chi connectivity index (χ2n) is 5.32. The van der Waals surface area contributed by atoms with Crippen LogP contribution in [0.15, 0.2) is 22.7 Å². The Kier molecular flexibility index (Phi) is 4.07. The molecule has 2 rings (SSSR count). The van der Waals surface area contributed by atoms with E-state index in [9.17, 15) is 9.65 Å². The monoisotopic (exact) mass is 309 g/mol. The highest BCUT2D eigenvalue weighted by Gasteiger charge is 2.39. The van der Waals surface area contributed by atoms with E-state index in [1.165, 1.54) is 6.07 Å². The molecule has 0 amide bonds. The Morgan fingerprint density at radius 2 is 2.33 bits per heavy atom. The molecule has 18 heavy (non-hydrogen) atoms. The third kappa shape index (κ3) is 2.75. The van der Waals surface area contributed by atoms with Gasteiger partial charge in [-0.1, -0.05) is 35.3 Å². The Labute approximate surface area is 116 Å². The number of nitriles is 1. The maximum Gasteiger partial charge on any atom is 0.127 e. The Hall–Kier alpha value is -0.880. The van der Waals surface area contributed by atoms with Crippen molar-refractivity contribution in [3.8, 4) is 6.07 Å². The van der Waals surface area contributed by atoms with Crippen LogP contribution in [0, 0.1) is 28.5 Å². The van der Waals surface area contributed by atoms with E-state index in [1.54, 1.807) is 6.07 Å². The molecular weight excluding hydrogens is 293 g/mol. The summed E-state index contributed by atoms with van der Waals surface area (Å²) in [5.41, 5.74) is 0.312. The van der Waals surface area contributed by atoms with Crippen LogP contribution in [-0.4, -0.2) is 0 Å². The van der Waals surface area contributed by atoms with Crippen molar-refractivity contribution in [3.63, 3.8) is 0 Å². The van der Waals surface area contributed by atoms with Gasteiger partial charge in [-0.25, -0.2) is 4.39 Å². The van der Waals surface area contributed by atoms with E-state index in [0.29, 0.717) is 17.9 Å². The molecular formula is C15H17BrFN. The molecule has 0 aromatic heterocycles. The van der Waals surface area contributed by atoms with Crippen LogP contribution in [0.1, 0.15) is 38.2 Å². The molecule has 0 aliphatic heterocycles. The van der Waals surface area contributed by atoms with Gasteiger partial charge < -0.3 is 0 Å². The Morgan fingerprint density at radius 1 is 1.56 bits per heavy atom. The fourth-order valence-electron chi connectivity index (χ4n) is 2.92. The standard InChI is InChI=1S/C15H17BrFN/c1-2-11-5-6-15(8-11,10-18)9-12-3-4-13(16)7-14(12)17/h3-4,7,11H,2,5-6,8-9H2,1H3. The molecule has 1 saturated carbocycles. The van der Waals surface area contributed by atoms with E-state index < -0.39 is 0 Å². The molecule has 96 valence electrons. The highest BCUT2D eigenvalue weighted by Crippen LogP contribution is 2.45. The zero-order chi connectivity index (χ0) is 13.2. The highest BCUT2D eigenvalue weighted by atomic mass is 79.9. The largest absolute Gasteiger partial charge is 0.207 e. The molecule has 0 bridgehead atoms. The van der Waals surface area contributed by atoms with Gasteiger partial charge in [-0.15, -0.1) is 0 Å². The summed E-state index contributed by atoms with van der Waals surface area (Å²) < 4.78 is 14.6. The second kappa shape index (κ2) is 5.40. The Bertz CT molecular complexity index is 480. The lowest BCUT2D eigenvalue weighted by Crippen LogP contribution is -2.18. The van der Waals surface area contributed by atoms with Gasteiger partial charge in [-0.05, 0) is 49.3 Å². The number of rotatable bonds is 3. The summed E-state index contributed by atoms with van der Waals surface area (Å²) in [6.45, 7) is 2.17. The maximum atomic E-state index is 13.8. The van der Waals surface area contributed by atoms with Gasteiger partial charge in [0.05, 0.1) is 11.5 Å². The maximum absolute atomic E-state index is 13.8. The zero-order valence-electron chi connectivity index (χ0n) is 10.5. The predicted molar refractivity (Wildman–Crippen MR) is 73.5 cm³/mol. The summed E-state index contributed by atoms with van der Waals surface area (Å²) in [4.78, 5) is 0. The molecule has 1 aromatic carbocycles.